The van der Waals surface area contributed by atoms with E-state index in [9.17, 15) is 9.18 Å². The van der Waals surface area contributed by atoms with E-state index in [2.05, 4.69) is 15.0 Å². The molecule has 0 spiro atoms. The summed E-state index contributed by atoms with van der Waals surface area (Å²) in [7, 11) is 0. The molecule has 0 N–H and O–H groups in total. The summed E-state index contributed by atoms with van der Waals surface area (Å²) in [5, 5.41) is 0. The molecule has 1 amide bonds. The lowest BCUT2D eigenvalue weighted by Gasteiger charge is -2.33. The maximum atomic E-state index is 14.7. The van der Waals surface area contributed by atoms with Crippen molar-refractivity contribution in [1.82, 2.24) is 19.9 Å². The number of carbonyl (C=O) groups excluding carboxylic acids is 1. The molecule has 1 fully saturated rings. The summed E-state index contributed by atoms with van der Waals surface area (Å²) in [6.07, 6.45) is 6.23. The van der Waals surface area contributed by atoms with E-state index >= 15 is 0 Å². The molecule has 29 heavy (non-hydrogen) atoms. The lowest BCUT2D eigenvalue weighted by Crippen LogP contribution is -2.44. The molecule has 0 radical (unpaired) electrons. The van der Waals surface area contributed by atoms with E-state index in [4.69, 9.17) is 4.74 Å². The van der Waals surface area contributed by atoms with Gasteiger partial charge in [-0.3, -0.25) is 4.79 Å². The zero-order valence-electron chi connectivity index (χ0n) is 16.1. The summed E-state index contributed by atoms with van der Waals surface area (Å²) in [5.41, 5.74) is 1.43. The second-order valence-electron chi connectivity index (χ2n) is 7.04. The first-order chi connectivity index (χ1) is 14.1. The predicted octanol–water partition coefficient (Wildman–Crippen LogP) is 3.67. The van der Waals surface area contributed by atoms with Crippen LogP contribution in [0.2, 0.25) is 0 Å². The quantitative estimate of drug-likeness (QED) is 0.678. The van der Waals surface area contributed by atoms with Gasteiger partial charge in [-0.15, -0.1) is 0 Å². The van der Waals surface area contributed by atoms with Crippen LogP contribution in [-0.2, 0) is 0 Å². The highest BCUT2D eigenvalue weighted by atomic mass is 19.1. The van der Waals surface area contributed by atoms with Gasteiger partial charge in [0.15, 0.2) is 5.82 Å². The Kier molecular flexibility index (Phi) is 5.46. The largest absolute Gasteiger partial charge is 0.472 e. The third-order valence-electron chi connectivity index (χ3n) is 4.88. The number of nitrogens with zero attached hydrogens (tertiary/aromatic N) is 4. The zero-order valence-corrected chi connectivity index (χ0v) is 16.1. The van der Waals surface area contributed by atoms with Crippen molar-refractivity contribution < 1.29 is 13.9 Å². The van der Waals surface area contributed by atoms with Crippen LogP contribution in [0.25, 0.3) is 11.4 Å². The van der Waals surface area contributed by atoms with Crippen LogP contribution in [0.5, 0.6) is 5.88 Å². The SMILES string of the molecule is Cc1ccnc(O[C@@H]2CCCN(C(=O)c3c(F)cccc3-c3ncccn3)C2)c1. The number of likely N-dealkylation sites (tertiary alicyclic amines) is 1. The smallest absolute Gasteiger partial charge is 0.257 e. The van der Waals surface area contributed by atoms with Crippen molar-refractivity contribution in [3.8, 4) is 17.3 Å². The number of pyridine rings is 1. The van der Waals surface area contributed by atoms with Crippen LogP contribution in [0.15, 0.2) is 55.0 Å². The molecule has 3 aromatic rings. The van der Waals surface area contributed by atoms with Gasteiger partial charge in [0, 0.05) is 36.8 Å². The standard InChI is InChI=1S/C22H21FN4O2/c1-15-8-11-24-19(13-15)29-16-5-3-12-27(14-16)22(28)20-17(6-2-7-18(20)23)21-25-9-4-10-26-21/h2,4,6-11,13,16H,3,5,12,14H2,1H3/t16-/m1/s1. The highest BCUT2D eigenvalue weighted by Gasteiger charge is 2.29. The molecule has 1 aromatic carbocycles. The van der Waals surface area contributed by atoms with Gasteiger partial charge < -0.3 is 9.64 Å². The van der Waals surface area contributed by atoms with E-state index in [1.807, 2.05) is 19.1 Å². The summed E-state index contributed by atoms with van der Waals surface area (Å²) >= 11 is 0. The van der Waals surface area contributed by atoms with Gasteiger partial charge in [-0.25, -0.2) is 19.3 Å². The molecule has 0 unspecified atom stereocenters. The molecule has 0 saturated carbocycles. The van der Waals surface area contributed by atoms with Gasteiger partial charge in [-0.05, 0) is 43.5 Å². The second-order valence-corrected chi connectivity index (χ2v) is 7.04. The van der Waals surface area contributed by atoms with Crippen LogP contribution in [0.3, 0.4) is 0 Å². The van der Waals surface area contributed by atoms with Crippen molar-refractivity contribution in [2.75, 3.05) is 13.1 Å². The first kappa shape index (κ1) is 19.0. The Bertz CT molecular complexity index is 1010. The zero-order chi connectivity index (χ0) is 20.2. The maximum absolute atomic E-state index is 14.7. The number of aryl methyl sites for hydroxylation is 1. The maximum Gasteiger partial charge on any atom is 0.257 e. The van der Waals surface area contributed by atoms with Gasteiger partial charge in [-0.1, -0.05) is 12.1 Å². The molecule has 0 bridgehead atoms. The Balaban J connectivity index is 1.57. The molecular weight excluding hydrogens is 371 g/mol. The summed E-state index contributed by atoms with van der Waals surface area (Å²) in [6.45, 7) is 2.89. The molecular formula is C22H21FN4O2. The second kappa shape index (κ2) is 8.34. The summed E-state index contributed by atoms with van der Waals surface area (Å²) in [6, 6.07) is 9.95. The minimum absolute atomic E-state index is 0.00645. The average Bonchev–Trinajstić information content (AvgIpc) is 2.74. The van der Waals surface area contributed by atoms with Crippen molar-refractivity contribution in [2.45, 2.75) is 25.9 Å². The van der Waals surface area contributed by atoms with Gasteiger partial charge in [0.05, 0.1) is 12.1 Å². The van der Waals surface area contributed by atoms with Gasteiger partial charge in [0.1, 0.15) is 11.9 Å². The minimum Gasteiger partial charge on any atom is -0.472 e. The fourth-order valence-electron chi connectivity index (χ4n) is 3.49. The topological polar surface area (TPSA) is 68.2 Å². The molecule has 7 heteroatoms. The van der Waals surface area contributed by atoms with E-state index in [1.165, 1.54) is 6.07 Å². The van der Waals surface area contributed by atoms with Crippen LogP contribution < -0.4 is 4.74 Å². The summed E-state index contributed by atoms with van der Waals surface area (Å²) in [5.74, 6) is -0.0999. The number of amides is 1. The number of piperidine rings is 1. The van der Waals surface area contributed by atoms with Crippen LogP contribution in [0.1, 0.15) is 28.8 Å². The normalized spacial score (nSPS) is 16.5. The van der Waals surface area contributed by atoms with Crippen molar-refractivity contribution in [2.24, 2.45) is 0 Å². The van der Waals surface area contributed by atoms with Crippen LogP contribution in [0.4, 0.5) is 4.39 Å². The average molecular weight is 392 g/mol. The van der Waals surface area contributed by atoms with Crippen LogP contribution in [0, 0.1) is 12.7 Å². The molecule has 2 aromatic heterocycles. The van der Waals surface area contributed by atoms with Gasteiger partial charge >= 0.3 is 0 Å². The fraction of sp³-hybridized carbons (Fsp3) is 0.273. The van der Waals surface area contributed by atoms with E-state index in [0.717, 1.165) is 18.4 Å². The number of carbonyl (C=O) groups is 1. The van der Waals surface area contributed by atoms with E-state index < -0.39 is 5.82 Å². The molecule has 0 aliphatic carbocycles. The molecule has 4 rings (SSSR count). The number of aromatic nitrogens is 3. The Hall–Kier alpha value is -3.35. The number of benzene rings is 1. The van der Waals surface area contributed by atoms with Crippen molar-refractivity contribution in [3.05, 3.63) is 71.9 Å². The van der Waals surface area contributed by atoms with Gasteiger partial charge in [0.25, 0.3) is 5.91 Å². The van der Waals surface area contributed by atoms with Crippen LogP contribution >= 0.6 is 0 Å². The minimum atomic E-state index is -0.580. The van der Waals surface area contributed by atoms with Crippen LogP contribution in [-0.4, -0.2) is 45.0 Å². The van der Waals surface area contributed by atoms with Gasteiger partial charge in [0.2, 0.25) is 5.88 Å². The van der Waals surface area contributed by atoms with E-state index in [-0.39, 0.29) is 17.6 Å². The predicted molar refractivity (Wildman–Crippen MR) is 106 cm³/mol. The molecule has 6 nitrogen and oxygen atoms in total. The Morgan fingerprint density at radius 2 is 1.97 bits per heavy atom. The molecule has 148 valence electrons. The first-order valence-electron chi connectivity index (χ1n) is 9.56. The Labute approximate surface area is 168 Å². The molecule has 1 saturated heterocycles. The van der Waals surface area contributed by atoms with Crippen molar-refractivity contribution in [3.63, 3.8) is 0 Å². The Morgan fingerprint density at radius 1 is 1.14 bits per heavy atom. The highest BCUT2D eigenvalue weighted by Crippen LogP contribution is 2.26. The first-order valence-corrected chi connectivity index (χ1v) is 9.56. The molecule has 3 heterocycles. The number of ether oxygens (including phenoxy) is 1. The highest BCUT2D eigenvalue weighted by molar-refractivity contribution is 6.00. The molecule has 1 atom stereocenters. The third-order valence-corrected chi connectivity index (χ3v) is 4.88. The monoisotopic (exact) mass is 392 g/mol. The van der Waals surface area contributed by atoms with E-state index in [0.29, 0.717) is 30.4 Å². The lowest BCUT2D eigenvalue weighted by atomic mass is 10.0. The number of halogens is 1. The van der Waals surface area contributed by atoms with E-state index in [1.54, 1.807) is 41.7 Å². The summed E-state index contributed by atoms with van der Waals surface area (Å²) in [4.78, 5) is 27.4. The third kappa shape index (κ3) is 4.23. The molecule has 1 aliphatic heterocycles. The molecule has 1 aliphatic rings. The number of hydrogen-bond donors (Lipinski definition) is 0. The van der Waals surface area contributed by atoms with Crippen molar-refractivity contribution >= 4 is 5.91 Å². The number of rotatable bonds is 4. The lowest BCUT2D eigenvalue weighted by molar-refractivity contribution is 0.0524. The Morgan fingerprint density at radius 3 is 2.76 bits per heavy atom. The number of hydrogen-bond acceptors (Lipinski definition) is 5. The van der Waals surface area contributed by atoms with Crippen molar-refractivity contribution in [1.29, 1.82) is 0 Å². The van der Waals surface area contributed by atoms with Gasteiger partial charge in [-0.2, -0.15) is 0 Å². The summed E-state index contributed by atoms with van der Waals surface area (Å²) < 4.78 is 20.7. The fourth-order valence-corrected chi connectivity index (χ4v) is 3.49.